The van der Waals surface area contributed by atoms with Crippen molar-refractivity contribution in [2.24, 2.45) is 0 Å². The summed E-state index contributed by atoms with van der Waals surface area (Å²) in [7, 11) is 0. The maximum Gasteiger partial charge on any atom is 0.161 e. The van der Waals surface area contributed by atoms with Gasteiger partial charge in [-0.15, -0.1) is 0 Å². The van der Waals surface area contributed by atoms with Crippen LogP contribution in [-0.4, -0.2) is 69.6 Å². The lowest BCUT2D eigenvalue weighted by molar-refractivity contribution is -0.306. The number of hydrogen-bond acceptors (Lipinski definition) is 7. The van der Waals surface area contributed by atoms with E-state index in [0.717, 1.165) is 0 Å². The average Bonchev–Trinajstić information content (AvgIpc) is 2.30. The molecule has 0 unspecified atom stereocenters. The van der Waals surface area contributed by atoms with E-state index in [4.69, 9.17) is 14.2 Å². The first kappa shape index (κ1) is 15.1. The van der Waals surface area contributed by atoms with Crippen LogP contribution in [0, 0.1) is 0 Å². The molecule has 19 heavy (non-hydrogen) atoms. The Morgan fingerprint density at radius 1 is 0.895 bits per heavy atom. The van der Waals surface area contributed by atoms with Crippen molar-refractivity contribution in [1.82, 2.24) is 0 Å². The van der Waals surface area contributed by atoms with E-state index in [-0.39, 0.29) is 12.8 Å². The van der Waals surface area contributed by atoms with Crippen molar-refractivity contribution in [2.45, 2.75) is 75.9 Å². The van der Waals surface area contributed by atoms with Crippen LogP contribution in [-0.2, 0) is 14.2 Å². The van der Waals surface area contributed by atoms with Gasteiger partial charge in [-0.1, -0.05) is 0 Å². The fourth-order valence-electron chi connectivity index (χ4n) is 2.52. The van der Waals surface area contributed by atoms with Crippen LogP contribution in [0.4, 0.5) is 0 Å². The van der Waals surface area contributed by atoms with E-state index in [1.807, 2.05) is 0 Å². The van der Waals surface area contributed by atoms with Gasteiger partial charge in [-0.25, -0.2) is 0 Å². The number of hydrogen-bond donors (Lipinski definition) is 4. The first-order valence-electron chi connectivity index (χ1n) is 6.57. The molecule has 4 N–H and O–H groups in total. The summed E-state index contributed by atoms with van der Waals surface area (Å²) in [4.78, 5) is 0. The molecule has 0 spiro atoms. The molecule has 2 rings (SSSR count). The quantitative estimate of drug-likeness (QED) is 0.498. The summed E-state index contributed by atoms with van der Waals surface area (Å²) >= 11 is 0. The van der Waals surface area contributed by atoms with Crippen LogP contribution in [0.1, 0.15) is 26.7 Å². The van der Waals surface area contributed by atoms with E-state index in [9.17, 15) is 20.4 Å². The van der Waals surface area contributed by atoms with Gasteiger partial charge in [-0.2, -0.15) is 0 Å². The standard InChI is InChI=1S/C12H22O7/c1-5-11(16)7(13)4-10(18-5)19-12-6(2)17-9(15)3-8(12)14/h5-16H,3-4H2,1-2H3/t5-,6-,7-,8-,9+,10-,11-,12-/m1/s1. The lowest BCUT2D eigenvalue weighted by atomic mass is 10.0. The topological polar surface area (TPSA) is 109 Å². The van der Waals surface area contributed by atoms with Crippen LogP contribution in [0.25, 0.3) is 0 Å². The van der Waals surface area contributed by atoms with Crippen LogP contribution in [0.5, 0.6) is 0 Å². The summed E-state index contributed by atoms with van der Waals surface area (Å²) in [5.74, 6) is 0. The summed E-state index contributed by atoms with van der Waals surface area (Å²) in [5.41, 5.74) is 0. The molecule has 2 saturated heterocycles. The summed E-state index contributed by atoms with van der Waals surface area (Å²) < 4.78 is 16.2. The van der Waals surface area contributed by atoms with Crippen LogP contribution in [0.2, 0.25) is 0 Å². The highest BCUT2D eigenvalue weighted by Crippen LogP contribution is 2.27. The van der Waals surface area contributed by atoms with E-state index in [1.54, 1.807) is 13.8 Å². The molecule has 112 valence electrons. The fraction of sp³-hybridized carbons (Fsp3) is 1.00. The number of rotatable bonds is 2. The molecular weight excluding hydrogens is 256 g/mol. The Kier molecular flexibility index (Phi) is 4.78. The number of ether oxygens (including phenoxy) is 3. The Morgan fingerprint density at radius 2 is 1.58 bits per heavy atom. The Labute approximate surface area is 111 Å². The molecule has 2 heterocycles. The van der Waals surface area contributed by atoms with Gasteiger partial charge >= 0.3 is 0 Å². The molecule has 8 atom stereocenters. The van der Waals surface area contributed by atoms with E-state index in [0.29, 0.717) is 0 Å². The number of aliphatic hydroxyl groups excluding tert-OH is 4. The second-order valence-corrected chi connectivity index (χ2v) is 5.26. The van der Waals surface area contributed by atoms with Crippen molar-refractivity contribution in [3.63, 3.8) is 0 Å². The van der Waals surface area contributed by atoms with Crippen molar-refractivity contribution in [1.29, 1.82) is 0 Å². The molecule has 0 bridgehead atoms. The molecule has 0 aliphatic carbocycles. The predicted octanol–water partition coefficient (Wildman–Crippen LogP) is -1.28. The second kappa shape index (κ2) is 6.01. The van der Waals surface area contributed by atoms with Gasteiger partial charge in [-0.3, -0.25) is 0 Å². The molecule has 0 aromatic heterocycles. The molecule has 2 aliphatic rings. The van der Waals surface area contributed by atoms with Gasteiger partial charge in [0.15, 0.2) is 12.6 Å². The van der Waals surface area contributed by atoms with Crippen molar-refractivity contribution in [3.05, 3.63) is 0 Å². The smallest absolute Gasteiger partial charge is 0.161 e. The Morgan fingerprint density at radius 3 is 2.16 bits per heavy atom. The zero-order chi connectivity index (χ0) is 14.2. The molecule has 2 fully saturated rings. The molecule has 0 amide bonds. The van der Waals surface area contributed by atoms with Crippen molar-refractivity contribution < 1.29 is 34.6 Å². The summed E-state index contributed by atoms with van der Waals surface area (Å²) in [5, 5.41) is 38.5. The Hall–Kier alpha value is -0.280. The molecule has 0 radical (unpaired) electrons. The third kappa shape index (κ3) is 3.43. The largest absolute Gasteiger partial charge is 0.390 e. The van der Waals surface area contributed by atoms with Gasteiger partial charge in [0.1, 0.15) is 12.2 Å². The molecule has 7 heteroatoms. The van der Waals surface area contributed by atoms with Gasteiger partial charge in [0.25, 0.3) is 0 Å². The second-order valence-electron chi connectivity index (χ2n) is 5.26. The first-order chi connectivity index (χ1) is 8.88. The van der Waals surface area contributed by atoms with Gasteiger partial charge < -0.3 is 34.6 Å². The predicted molar refractivity (Wildman–Crippen MR) is 63.0 cm³/mol. The minimum atomic E-state index is -0.997. The van der Waals surface area contributed by atoms with E-state index in [2.05, 4.69) is 0 Å². The van der Waals surface area contributed by atoms with Crippen LogP contribution >= 0.6 is 0 Å². The number of aliphatic hydroxyl groups is 4. The normalized spacial score (nSPS) is 52.1. The average molecular weight is 278 g/mol. The summed E-state index contributed by atoms with van der Waals surface area (Å²) in [6, 6.07) is 0. The van der Waals surface area contributed by atoms with E-state index >= 15 is 0 Å². The molecule has 0 saturated carbocycles. The van der Waals surface area contributed by atoms with Crippen molar-refractivity contribution in [2.75, 3.05) is 0 Å². The van der Waals surface area contributed by atoms with Gasteiger partial charge in [0.2, 0.25) is 0 Å². The highest BCUT2D eigenvalue weighted by atomic mass is 16.7. The zero-order valence-electron chi connectivity index (χ0n) is 11.0. The Balaban J connectivity index is 1.93. The highest BCUT2D eigenvalue weighted by molar-refractivity contribution is 4.84. The molecule has 0 aromatic carbocycles. The lowest BCUT2D eigenvalue weighted by Crippen LogP contribution is -2.53. The van der Waals surface area contributed by atoms with E-state index in [1.165, 1.54) is 0 Å². The first-order valence-corrected chi connectivity index (χ1v) is 6.57. The van der Waals surface area contributed by atoms with Gasteiger partial charge in [0, 0.05) is 12.8 Å². The lowest BCUT2D eigenvalue weighted by Gasteiger charge is -2.41. The van der Waals surface area contributed by atoms with Gasteiger partial charge in [-0.05, 0) is 13.8 Å². The minimum Gasteiger partial charge on any atom is -0.390 e. The SMILES string of the molecule is C[C@H]1O[C@H](O[C@H]2[C@H](O)C[C@@H](O)O[C@@H]2C)C[C@@H](O)[C@@H]1O. The summed E-state index contributed by atoms with van der Waals surface area (Å²) in [6.45, 7) is 3.33. The maximum absolute atomic E-state index is 9.89. The third-order valence-electron chi connectivity index (χ3n) is 3.64. The maximum atomic E-state index is 9.89. The Bertz CT molecular complexity index is 276. The summed E-state index contributed by atoms with van der Waals surface area (Å²) in [6.07, 6.45) is -5.89. The monoisotopic (exact) mass is 278 g/mol. The minimum absolute atomic E-state index is 0.0719. The van der Waals surface area contributed by atoms with E-state index < -0.39 is 49.2 Å². The van der Waals surface area contributed by atoms with Gasteiger partial charge in [0.05, 0.1) is 24.4 Å². The molecule has 0 aromatic rings. The van der Waals surface area contributed by atoms with Crippen LogP contribution in [0.15, 0.2) is 0 Å². The molecule has 7 nitrogen and oxygen atoms in total. The van der Waals surface area contributed by atoms with Crippen LogP contribution in [0.3, 0.4) is 0 Å². The highest BCUT2D eigenvalue weighted by Gasteiger charge is 2.41. The molecule has 2 aliphatic heterocycles. The molecular formula is C12H22O7. The fourth-order valence-corrected chi connectivity index (χ4v) is 2.52. The third-order valence-corrected chi connectivity index (χ3v) is 3.64. The zero-order valence-corrected chi connectivity index (χ0v) is 11.0. The van der Waals surface area contributed by atoms with Crippen molar-refractivity contribution >= 4 is 0 Å². The van der Waals surface area contributed by atoms with Crippen LogP contribution < -0.4 is 0 Å². The van der Waals surface area contributed by atoms with Crippen molar-refractivity contribution in [3.8, 4) is 0 Å².